The average Bonchev–Trinajstić information content (AvgIpc) is 2.36. The highest BCUT2D eigenvalue weighted by Crippen LogP contribution is 2.33. The molecule has 1 unspecified atom stereocenters. The minimum atomic E-state index is 0.138. The summed E-state index contributed by atoms with van der Waals surface area (Å²) in [6.07, 6.45) is 7.50. The number of nitrogens with one attached hydrogen (secondary N) is 1. The molecule has 0 aromatic carbocycles. The summed E-state index contributed by atoms with van der Waals surface area (Å²) in [6, 6.07) is 1.32. The Labute approximate surface area is 112 Å². The molecule has 0 spiro atoms. The molecule has 3 nitrogen and oxygen atoms in total. The first-order chi connectivity index (χ1) is 8.71. The summed E-state index contributed by atoms with van der Waals surface area (Å²) in [5.74, 6) is 0. The third-order valence-corrected chi connectivity index (χ3v) is 4.75. The summed E-state index contributed by atoms with van der Waals surface area (Å²) >= 11 is 0. The van der Waals surface area contributed by atoms with Crippen molar-refractivity contribution in [2.24, 2.45) is 0 Å². The smallest absolute Gasteiger partial charge is 0.0692 e. The second-order valence-corrected chi connectivity index (χ2v) is 5.84. The number of rotatable bonds is 6. The Morgan fingerprint density at radius 2 is 1.89 bits per heavy atom. The van der Waals surface area contributed by atoms with Gasteiger partial charge in [-0.15, -0.1) is 0 Å². The van der Waals surface area contributed by atoms with Gasteiger partial charge in [-0.25, -0.2) is 0 Å². The molecule has 1 saturated carbocycles. The molecule has 0 amide bonds. The molecule has 2 fully saturated rings. The lowest BCUT2D eigenvalue weighted by Gasteiger charge is -2.44. The monoisotopic (exact) mass is 255 g/mol. The van der Waals surface area contributed by atoms with E-state index in [0.717, 1.165) is 32.5 Å². The maximum Gasteiger partial charge on any atom is 0.0692 e. The number of hydrogen-bond acceptors (Lipinski definition) is 3. The van der Waals surface area contributed by atoms with Gasteiger partial charge in [-0.05, 0) is 45.4 Å². The Bertz CT molecular complexity index is 247. The maximum atomic E-state index is 6.02. The Balaban J connectivity index is 1.74. The van der Waals surface area contributed by atoms with Gasteiger partial charge < -0.3 is 14.8 Å². The van der Waals surface area contributed by atoms with Crippen molar-refractivity contribution in [3.63, 3.8) is 0 Å². The largest absolute Gasteiger partial charge is 0.378 e. The van der Waals surface area contributed by atoms with Gasteiger partial charge in [0.25, 0.3) is 0 Å². The summed E-state index contributed by atoms with van der Waals surface area (Å²) < 4.78 is 11.6. The zero-order valence-corrected chi connectivity index (χ0v) is 12.2. The Morgan fingerprint density at radius 1 is 1.17 bits per heavy atom. The lowest BCUT2D eigenvalue weighted by molar-refractivity contribution is -0.0980. The summed E-state index contributed by atoms with van der Waals surface area (Å²) in [7, 11) is 0. The molecule has 1 aliphatic carbocycles. The van der Waals surface area contributed by atoms with Crippen LogP contribution in [0, 0.1) is 0 Å². The van der Waals surface area contributed by atoms with Gasteiger partial charge in [-0.1, -0.05) is 13.8 Å². The normalized spacial score (nSPS) is 35.2. The van der Waals surface area contributed by atoms with Crippen molar-refractivity contribution in [1.29, 1.82) is 0 Å². The maximum absolute atomic E-state index is 6.02. The zero-order chi connectivity index (χ0) is 13.0. The Morgan fingerprint density at radius 3 is 2.50 bits per heavy atom. The SMILES string of the molecule is CCOC1CC(NC2CCOC(CC)(CC)C2)C1. The van der Waals surface area contributed by atoms with E-state index in [4.69, 9.17) is 9.47 Å². The van der Waals surface area contributed by atoms with E-state index >= 15 is 0 Å². The van der Waals surface area contributed by atoms with E-state index in [0.29, 0.717) is 18.2 Å². The third kappa shape index (κ3) is 3.25. The van der Waals surface area contributed by atoms with Crippen molar-refractivity contribution in [1.82, 2.24) is 5.32 Å². The fourth-order valence-corrected chi connectivity index (χ4v) is 3.32. The highest BCUT2D eigenvalue weighted by atomic mass is 16.5. The first-order valence-corrected chi connectivity index (χ1v) is 7.73. The van der Waals surface area contributed by atoms with E-state index in [1.807, 2.05) is 0 Å². The van der Waals surface area contributed by atoms with Gasteiger partial charge in [0.05, 0.1) is 11.7 Å². The predicted octanol–water partition coefficient (Wildman–Crippen LogP) is 2.88. The minimum Gasteiger partial charge on any atom is -0.378 e. The molecule has 1 saturated heterocycles. The van der Waals surface area contributed by atoms with Crippen LogP contribution in [0.5, 0.6) is 0 Å². The van der Waals surface area contributed by atoms with E-state index in [1.54, 1.807) is 0 Å². The fourth-order valence-electron chi connectivity index (χ4n) is 3.32. The first-order valence-electron chi connectivity index (χ1n) is 7.73. The van der Waals surface area contributed by atoms with Crippen LogP contribution in [0.3, 0.4) is 0 Å². The molecule has 2 rings (SSSR count). The molecular formula is C15H29NO2. The molecule has 106 valence electrons. The molecule has 0 aromatic rings. The van der Waals surface area contributed by atoms with E-state index in [2.05, 4.69) is 26.1 Å². The molecule has 0 radical (unpaired) electrons. The van der Waals surface area contributed by atoms with Gasteiger partial charge in [-0.2, -0.15) is 0 Å². The molecule has 1 N–H and O–H groups in total. The summed E-state index contributed by atoms with van der Waals surface area (Å²) in [4.78, 5) is 0. The van der Waals surface area contributed by atoms with Crippen molar-refractivity contribution in [2.75, 3.05) is 13.2 Å². The van der Waals surface area contributed by atoms with Crippen molar-refractivity contribution < 1.29 is 9.47 Å². The van der Waals surface area contributed by atoms with E-state index in [1.165, 1.54) is 19.3 Å². The lowest BCUT2D eigenvalue weighted by Crippen LogP contribution is -2.54. The van der Waals surface area contributed by atoms with Gasteiger partial charge in [-0.3, -0.25) is 0 Å². The second kappa shape index (κ2) is 6.36. The summed E-state index contributed by atoms with van der Waals surface area (Å²) in [6.45, 7) is 8.35. The quantitative estimate of drug-likeness (QED) is 0.791. The van der Waals surface area contributed by atoms with Crippen molar-refractivity contribution in [3.8, 4) is 0 Å². The van der Waals surface area contributed by atoms with E-state index < -0.39 is 0 Å². The highest BCUT2D eigenvalue weighted by molar-refractivity contribution is 4.93. The topological polar surface area (TPSA) is 30.5 Å². The van der Waals surface area contributed by atoms with Crippen LogP contribution in [0.1, 0.15) is 59.3 Å². The van der Waals surface area contributed by atoms with Crippen molar-refractivity contribution in [2.45, 2.75) is 83.1 Å². The zero-order valence-electron chi connectivity index (χ0n) is 12.2. The molecule has 0 bridgehead atoms. The third-order valence-electron chi connectivity index (χ3n) is 4.75. The summed E-state index contributed by atoms with van der Waals surface area (Å²) in [5, 5.41) is 3.81. The molecule has 3 heteroatoms. The van der Waals surface area contributed by atoms with Gasteiger partial charge in [0.2, 0.25) is 0 Å². The molecule has 1 atom stereocenters. The Kier molecular flexibility index (Phi) is 5.05. The highest BCUT2D eigenvalue weighted by Gasteiger charge is 2.37. The van der Waals surface area contributed by atoms with Gasteiger partial charge in [0.1, 0.15) is 0 Å². The van der Waals surface area contributed by atoms with Crippen molar-refractivity contribution >= 4 is 0 Å². The van der Waals surface area contributed by atoms with Crippen LogP contribution >= 0.6 is 0 Å². The number of hydrogen-bond donors (Lipinski definition) is 1. The van der Waals surface area contributed by atoms with Crippen LogP contribution in [-0.2, 0) is 9.47 Å². The molecule has 0 aromatic heterocycles. The molecule has 1 aliphatic heterocycles. The van der Waals surface area contributed by atoms with Crippen LogP contribution < -0.4 is 5.32 Å². The van der Waals surface area contributed by atoms with Crippen molar-refractivity contribution in [3.05, 3.63) is 0 Å². The fraction of sp³-hybridized carbons (Fsp3) is 1.00. The van der Waals surface area contributed by atoms with Crippen LogP contribution in [0.4, 0.5) is 0 Å². The van der Waals surface area contributed by atoms with Crippen LogP contribution in [0.15, 0.2) is 0 Å². The number of ether oxygens (including phenoxy) is 2. The van der Waals surface area contributed by atoms with Crippen LogP contribution in [-0.4, -0.2) is 37.0 Å². The minimum absolute atomic E-state index is 0.138. The summed E-state index contributed by atoms with van der Waals surface area (Å²) in [5.41, 5.74) is 0.138. The van der Waals surface area contributed by atoms with Crippen LogP contribution in [0.25, 0.3) is 0 Å². The van der Waals surface area contributed by atoms with E-state index in [-0.39, 0.29) is 5.60 Å². The average molecular weight is 255 g/mol. The second-order valence-electron chi connectivity index (χ2n) is 5.84. The first kappa shape index (κ1) is 14.3. The lowest BCUT2D eigenvalue weighted by atomic mass is 9.83. The van der Waals surface area contributed by atoms with Gasteiger partial charge in [0, 0.05) is 25.3 Å². The standard InChI is InChI=1S/C15H29NO2/c1-4-15(5-2)11-12(7-8-18-15)16-13-9-14(10-13)17-6-3/h12-14,16H,4-11H2,1-3H3. The van der Waals surface area contributed by atoms with E-state index in [9.17, 15) is 0 Å². The predicted molar refractivity (Wildman–Crippen MR) is 73.9 cm³/mol. The molecule has 18 heavy (non-hydrogen) atoms. The van der Waals surface area contributed by atoms with Gasteiger partial charge in [0.15, 0.2) is 0 Å². The molecular weight excluding hydrogens is 226 g/mol. The van der Waals surface area contributed by atoms with Crippen LogP contribution in [0.2, 0.25) is 0 Å². The molecule has 2 aliphatic rings. The molecule has 1 heterocycles. The Hall–Kier alpha value is -0.120. The van der Waals surface area contributed by atoms with Gasteiger partial charge >= 0.3 is 0 Å².